The highest BCUT2D eigenvalue weighted by Crippen LogP contribution is 2.41. The maximum atomic E-state index is 4.69. The van der Waals surface area contributed by atoms with Crippen molar-refractivity contribution in [1.82, 2.24) is 15.2 Å². The van der Waals surface area contributed by atoms with Crippen molar-refractivity contribution in [3.63, 3.8) is 0 Å². The van der Waals surface area contributed by atoms with E-state index < -0.39 is 0 Å². The van der Waals surface area contributed by atoms with Gasteiger partial charge in [-0.1, -0.05) is 12.8 Å². The van der Waals surface area contributed by atoms with Crippen LogP contribution in [0.25, 0.3) is 0 Å². The third-order valence-electron chi connectivity index (χ3n) is 5.39. The summed E-state index contributed by atoms with van der Waals surface area (Å²) in [5, 5.41) is 7.43. The van der Waals surface area contributed by atoms with Crippen molar-refractivity contribution < 1.29 is 0 Å². The Morgan fingerprint density at radius 3 is 2.85 bits per heavy atom. The molecule has 0 amide bonds. The summed E-state index contributed by atoms with van der Waals surface area (Å²) in [4.78, 5) is 7.45. The summed E-state index contributed by atoms with van der Waals surface area (Å²) in [5.74, 6) is 0.947. The molecule has 0 radical (unpaired) electrons. The molecule has 0 aromatic carbocycles. The Kier molecular flexibility index (Phi) is 3.36. The van der Waals surface area contributed by atoms with E-state index in [1.807, 2.05) is 11.3 Å². The second-order valence-electron chi connectivity index (χ2n) is 7.06. The second-order valence-corrected chi connectivity index (χ2v) is 8.00. The number of nitrogens with one attached hydrogen (secondary N) is 1. The Balaban J connectivity index is 1.51. The second kappa shape index (κ2) is 5.08. The monoisotopic (exact) mass is 291 g/mol. The molecule has 3 nitrogen and oxygen atoms in total. The normalized spacial score (nSPS) is 30.1. The predicted octanol–water partition coefficient (Wildman–Crippen LogP) is 2.95. The highest BCUT2D eigenvalue weighted by atomic mass is 32.1. The molecule has 3 fully saturated rings. The fourth-order valence-electron chi connectivity index (χ4n) is 4.17. The molecule has 1 spiro atoms. The van der Waals surface area contributed by atoms with E-state index in [2.05, 4.69) is 22.5 Å². The molecule has 1 aromatic rings. The van der Waals surface area contributed by atoms with Gasteiger partial charge in [0.15, 0.2) is 0 Å². The summed E-state index contributed by atoms with van der Waals surface area (Å²) in [5.41, 5.74) is 1.61. The zero-order chi connectivity index (χ0) is 13.6. The summed E-state index contributed by atoms with van der Waals surface area (Å²) in [7, 11) is 0. The van der Waals surface area contributed by atoms with Crippen LogP contribution in [0.2, 0.25) is 0 Å². The quantitative estimate of drug-likeness (QED) is 0.928. The van der Waals surface area contributed by atoms with Crippen molar-refractivity contribution in [3.8, 4) is 0 Å². The lowest BCUT2D eigenvalue weighted by atomic mass is 9.91. The largest absolute Gasteiger partial charge is 0.308 e. The van der Waals surface area contributed by atoms with Gasteiger partial charge in [0.05, 0.1) is 6.54 Å². The van der Waals surface area contributed by atoms with Gasteiger partial charge in [-0.2, -0.15) is 0 Å². The zero-order valence-electron chi connectivity index (χ0n) is 12.4. The van der Waals surface area contributed by atoms with E-state index in [0.717, 1.165) is 18.5 Å². The van der Waals surface area contributed by atoms with E-state index in [-0.39, 0.29) is 0 Å². The summed E-state index contributed by atoms with van der Waals surface area (Å²) in [6, 6.07) is 0.755. The number of thiazole rings is 1. The molecule has 1 aromatic heterocycles. The Hall–Kier alpha value is -0.450. The minimum Gasteiger partial charge on any atom is -0.308 e. The fraction of sp³-hybridized carbons (Fsp3) is 0.812. The average molecular weight is 291 g/mol. The number of piperazine rings is 1. The molecule has 110 valence electrons. The maximum Gasteiger partial charge on any atom is 0.107 e. The Bertz CT molecular complexity index is 474. The summed E-state index contributed by atoms with van der Waals surface area (Å²) in [6.45, 7) is 5.62. The van der Waals surface area contributed by atoms with Crippen LogP contribution >= 0.6 is 11.3 Å². The first-order valence-electron chi connectivity index (χ1n) is 8.14. The van der Waals surface area contributed by atoms with E-state index in [9.17, 15) is 0 Å². The molecule has 4 heteroatoms. The van der Waals surface area contributed by atoms with Gasteiger partial charge in [-0.15, -0.1) is 11.3 Å². The van der Waals surface area contributed by atoms with E-state index in [0.29, 0.717) is 5.54 Å². The van der Waals surface area contributed by atoms with Gasteiger partial charge >= 0.3 is 0 Å². The van der Waals surface area contributed by atoms with Crippen LogP contribution in [0.3, 0.4) is 0 Å². The van der Waals surface area contributed by atoms with Crippen molar-refractivity contribution in [2.24, 2.45) is 5.92 Å². The molecule has 1 aliphatic heterocycles. The molecule has 2 heterocycles. The first-order valence-corrected chi connectivity index (χ1v) is 9.02. The van der Waals surface area contributed by atoms with E-state index in [1.165, 1.54) is 62.3 Å². The van der Waals surface area contributed by atoms with Crippen LogP contribution in [0.4, 0.5) is 0 Å². The fourth-order valence-corrected chi connectivity index (χ4v) is 4.96. The lowest BCUT2D eigenvalue weighted by Gasteiger charge is -2.46. The van der Waals surface area contributed by atoms with E-state index >= 15 is 0 Å². The van der Waals surface area contributed by atoms with Crippen molar-refractivity contribution in [2.45, 2.75) is 63.6 Å². The molecule has 3 aliphatic rings. The summed E-state index contributed by atoms with van der Waals surface area (Å²) >= 11 is 1.84. The van der Waals surface area contributed by atoms with Crippen molar-refractivity contribution in [2.75, 3.05) is 13.1 Å². The van der Waals surface area contributed by atoms with E-state index in [4.69, 9.17) is 4.98 Å². The van der Waals surface area contributed by atoms with Crippen LogP contribution in [-0.2, 0) is 6.54 Å². The van der Waals surface area contributed by atoms with Crippen LogP contribution in [0.5, 0.6) is 0 Å². The molecule has 1 atom stereocenters. The number of nitrogens with zero attached hydrogens (tertiary/aromatic N) is 2. The molecule has 1 N–H and O–H groups in total. The Morgan fingerprint density at radius 2 is 2.20 bits per heavy atom. The van der Waals surface area contributed by atoms with E-state index in [1.54, 1.807) is 0 Å². The number of aromatic nitrogens is 1. The van der Waals surface area contributed by atoms with Crippen LogP contribution in [0.15, 0.2) is 5.38 Å². The number of hydrogen-bond acceptors (Lipinski definition) is 4. The van der Waals surface area contributed by atoms with Crippen LogP contribution in [0.1, 0.15) is 49.2 Å². The molecular weight excluding hydrogens is 266 g/mol. The van der Waals surface area contributed by atoms with Crippen molar-refractivity contribution >= 4 is 11.3 Å². The topological polar surface area (TPSA) is 28.2 Å². The van der Waals surface area contributed by atoms with Gasteiger partial charge in [-0.05, 0) is 38.5 Å². The SMILES string of the molecule is Cc1csc(CN2CC3(CCCC3)NCC2C2CC2)n1. The van der Waals surface area contributed by atoms with Gasteiger partial charge in [-0.25, -0.2) is 4.98 Å². The third-order valence-corrected chi connectivity index (χ3v) is 6.34. The minimum atomic E-state index is 0.428. The first kappa shape index (κ1) is 13.2. The maximum absolute atomic E-state index is 4.69. The van der Waals surface area contributed by atoms with Crippen LogP contribution in [0, 0.1) is 12.8 Å². The molecule has 1 unspecified atom stereocenters. The Labute approximate surface area is 125 Å². The molecular formula is C16H25N3S. The molecule has 0 bridgehead atoms. The van der Waals surface area contributed by atoms with Crippen LogP contribution in [-0.4, -0.2) is 34.6 Å². The minimum absolute atomic E-state index is 0.428. The number of aryl methyl sites for hydroxylation is 1. The summed E-state index contributed by atoms with van der Waals surface area (Å²) < 4.78 is 0. The van der Waals surface area contributed by atoms with Gasteiger partial charge in [0.2, 0.25) is 0 Å². The number of hydrogen-bond donors (Lipinski definition) is 1. The molecule has 20 heavy (non-hydrogen) atoms. The van der Waals surface area contributed by atoms with Gasteiger partial charge in [0, 0.05) is 35.7 Å². The van der Waals surface area contributed by atoms with Crippen molar-refractivity contribution in [1.29, 1.82) is 0 Å². The highest BCUT2D eigenvalue weighted by Gasteiger charge is 2.45. The summed E-state index contributed by atoms with van der Waals surface area (Å²) in [6.07, 6.45) is 8.44. The average Bonchev–Trinajstić information content (AvgIpc) is 3.05. The first-order chi connectivity index (χ1) is 9.74. The molecule has 1 saturated heterocycles. The predicted molar refractivity (Wildman–Crippen MR) is 83.0 cm³/mol. The molecule has 4 rings (SSSR count). The van der Waals surface area contributed by atoms with Gasteiger partial charge in [-0.3, -0.25) is 4.90 Å². The zero-order valence-corrected chi connectivity index (χ0v) is 13.2. The molecule has 2 saturated carbocycles. The third kappa shape index (κ3) is 2.53. The van der Waals surface area contributed by atoms with Gasteiger partial charge < -0.3 is 5.32 Å². The standard InChI is InChI=1S/C16H25N3S/c1-12-10-20-15(18-12)9-19-11-16(6-2-3-7-16)17-8-14(19)13-4-5-13/h10,13-14,17H,2-9,11H2,1H3. The van der Waals surface area contributed by atoms with Gasteiger partial charge in [0.25, 0.3) is 0 Å². The molecule has 2 aliphatic carbocycles. The Morgan fingerprint density at radius 1 is 1.40 bits per heavy atom. The van der Waals surface area contributed by atoms with Crippen LogP contribution < -0.4 is 5.32 Å². The highest BCUT2D eigenvalue weighted by molar-refractivity contribution is 7.09. The lowest BCUT2D eigenvalue weighted by molar-refractivity contribution is 0.0626. The van der Waals surface area contributed by atoms with Gasteiger partial charge in [0.1, 0.15) is 5.01 Å². The lowest BCUT2D eigenvalue weighted by Crippen LogP contribution is -2.63. The smallest absolute Gasteiger partial charge is 0.107 e. The number of rotatable bonds is 3. The van der Waals surface area contributed by atoms with Crippen molar-refractivity contribution in [3.05, 3.63) is 16.1 Å².